The summed E-state index contributed by atoms with van der Waals surface area (Å²) in [6, 6.07) is 6.64. The van der Waals surface area contributed by atoms with E-state index in [0.717, 1.165) is 12.2 Å². The molecule has 0 unspecified atom stereocenters. The summed E-state index contributed by atoms with van der Waals surface area (Å²) in [6.45, 7) is 13.4. The van der Waals surface area contributed by atoms with E-state index in [1.54, 1.807) is 7.11 Å². The molecule has 0 aliphatic rings. The quantitative estimate of drug-likeness (QED) is 0.738. The lowest BCUT2D eigenvalue weighted by Crippen LogP contribution is -2.18. The SMILES string of the molecule is CCC(C)(C)c1ccc(C(C)(C)C)cc1OC. The van der Waals surface area contributed by atoms with Crippen LogP contribution in [-0.2, 0) is 10.8 Å². The highest BCUT2D eigenvalue weighted by molar-refractivity contribution is 5.43. The molecule has 0 spiro atoms. The zero-order chi connectivity index (χ0) is 13.3. The summed E-state index contributed by atoms with van der Waals surface area (Å²) in [7, 11) is 1.76. The van der Waals surface area contributed by atoms with E-state index in [9.17, 15) is 0 Å². The molecule has 0 aliphatic carbocycles. The van der Waals surface area contributed by atoms with E-state index >= 15 is 0 Å². The lowest BCUT2D eigenvalue weighted by molar-refractivity contribution is 0.387. The van der Waals surface area contributed by atoms with Gasteiger partial charge in [0.2, 0.25) is 0 Å². The van der Waals surface area contributed by atoms with Crippen LogP contribution in [0.2, 0.25) is 0 Å². The highest BCUT2D eigenvalue weighted by Crippen LogP contribution is 2.36. The minimum absolute atomic E-state index is 0.168. The maximum Gasteiger partial charge on any atom is 0.122 e. The minimum atomic E-state index is 0.168. The Balaban J connectivity index is 3.29. The van der Waals surface area contributed by atoms with Crippen molar-refractivity contribution in [1.82, 2.24) is 0 Å². The Bertz CT molecular complexity index is 383. The third kappa shape index (κ3) is 3.02. The summed E-state index contributed by atoms with van der Waals surface area (Å²) in [6.07, 6.45) is 1.11. The smallest absolute Gasteiger partial charge is 0.122 e. The fourth-order valence-electron chi connectivity index (χ4n) is 1.91. The van der Waals surface area contributed by atoms with E-state index in [2.05, 4.69) is 59.7 Å². The third-order valence-electron chi connectivity index (χ3n) is 3.68. The number of rotatable bonds is 3. The molecule has 1 aromatic rings. The van der Waals surface area contributed by atoms with E-state index in [1.807, 2.05) is 0 Å². The Morgan fingerprint density at radius 1 is 1.06 bits per heavy atom. The average molecular weight is 234 g/mol. The molecule has 1 nitrogen and oxygen atoms in total. The first-order chi connectivity index (χ1) is 7.72. The normalized spacial score (nSPS) is 12.6. The summed E-state index contributed by atoms with van der Waals surface area (Å²) < 4.78 is 5.57. The molecule has 0 fully saturated rings. The molecule has 0 N–H and O–H groups in total. The van der Waals surface area contributed by atoms with E-state index in [4.69, 9.17) is 4.74 Å². The van der Waals surface area contributed by atoms with Crippen LogP contribution in [0.5, 0.6) is 5.75 Å². The Morgan fingerprint density at radius 3 is 2.06 bits per heavy atom. The predicted octanol–water partition coefficient (Wildman–Crippen LogP) is 4.68. The Morgan fingerprint density at radius 2 is 1.65 bits per heavy atom. The third-order valence-corrected chi connectivity index (χ3v) is 3.68. The van der Waals surface area contributed by atoms with Crippen LogP contribution in [0.25, 0.3) is 0 Å². The fourth-order valence-corrected chi connectivity index (χ4v) is 1.91. The van der Waals surface area contributed by atoms with Crippen molar-refractivity contribution in [3.05, 3.63) is 29.3 Å². The van der Waals surface area contributed by atoms with Crippen LogP contribution >= 0.6 is 0 Å². The maximum atomic E-state index is 5.57. The van der Waals surface area contributed by atoms with Crippen molar-refractivity contribution in [3.8, 4) is 5.75 Å². The summed E-state index contributed by atoms with van der Waals surface area (Å²) in [4.78, 5) is 0. The van der Waals surface area contributed by atoms with Gasteiger partial charge in [-0.2, -0.15) is 0 Å². The van der Waals surface area contributed by atoms with Gasteiger partial charge in [0, 0.05) is 0 Å². The van der Waals surface area contributed by atoms with Crippen molar-refractivity contribution in [2.45, 2.75) is 58.8 Å². The predicted molar refractivity (Wildman–Crippen MR) is 75.0 cm³/mol. The first-order valence-electron chi connectivity index (χ1n) is 6.41. The van der Waals surface area contributed by atoms with Gasteiger partial charge >= 0.3 is 0 Å². The van der Waals surface area contributed by atoms with Gasteiger partial charge in [-0.1, -0.05) is 53.7 Å². The van der Waals surface area contributed by atoms with Crippen molar-refractivity contribution in [1.29, 1.82) is 0 Å². The summed E-state index contributed by atoms with van der Waals surface area (Å²) in [5.41, 5.74) is 2.96. The minimum Gasteiger partial charge on any atom is -0.496 e. The number of methoxy groups -OCH3 is 1. The van der Waals surface area contributed by atoms with Gasteiger partial charge < -0.3 is 4.74 Å². The molecule has 0 bridgehead atoms. The molecular formula is C16H26O. The summed E-state index contributed by atoms with van der Waals surface area (Å²) in [5.74, 6) is 1.02. The Kier molecular flexibility index (Phi) is 3.91. The second-order valence-corrected chi connectivity index (χ2v) is 6.40. The molecule has 0 saturated carbocycles. The van der Waals surface area contributed by atoms with Crippen molar-refractivity contribution in [2.75, 3.05) is 7.11 Å². The lowest BCUT2D eigenvalue weighted by Gasteiger charge is -2.28. The van der Waals surface area contributed by atoms with Crippen molar-refractivity contribution in [3.63, 3.8) is 0 Å². The van der Waals surface area contributed by atoms with Crippen molar-refractivity contribution < 1.29 is 4.74 Å². The Hall–Kier alpha value is -0.980. The van der Waals surface area contributed by atoms with Crippen LogP contribution in [0.1, 0.15) is 59.1 Å². The molecule has 1 aromatic carbocycles. The number of ether oxygens (including phenoxy) is 1. The van der Waals surface area contributed by atoms with Crippen LogP contribution < -0.4 is 4.74 Å². The standard InChI is InChI=1S/C16H26O/c1-8-16(5,6)13-10-9-12(15(2,3)4)11-14(13)17-7/h9-11H,8H2,1-7H3. The average Bonchev–Trinajstić information content (AvgIpc) is 2.27. The summed E-state index contributed by atoms with van der Waals surface area (Å²) >= 11 is 0. The molecule has 0 saturated heterocycles. The van der Waals surface area contributed by atoms with Gasteiger partial charge in [0.1, 0.15) is 5.75 Å². The highest BCUT2D eigenvalue weighted by Gasteiger charge is 2.24. The van der Waals surface area contributed by atoms with Gasteiger partial charge in [-0.05, 0) is 34.4 Å². The molecule has 1 heteroatoms. The molecule has 0 heterocycles. The van der Waals surface area contributed by atoms with E-state index in [-0.39, 0.29) is 10.8 Å². The second kappa shape index (κ2) is 4.72. The zero-order valence-corrected chi connectivity index (χ0v) is 12.3. The summed E-state index contributed by atoms with van der Waals surface area (Å²) in [5, 5.41) is 0. The van der Waals surface area contributed by atoms with E-state index in [1.165, 1.54) is 11.1 Å². The van der Waals surface area contributed by atoms with Crippen LogP contribution in [0.4, 0.5) is 0 Å². The van der Waals surface area contributed by atoms with Crippen molar-refractivity contribution >= 4 is 0 Å². The maximum absolute atomic E-state index is 5.57. The first-order valence-corrected chi connectivity index (χ1v) is 6.41. The van der Waals surface area contributed by atoms with Crippen LogP contribution in [0, 0.1) is 0 Å². The number of benzene rings is 1. The van der Waals surface area contributed by atoms with Gasteiger partial charge in [0.05, 0.1) is 7.11 Å². The van der Waals surface area contributed by atoms with Gasteiger partial charge in [-0.3, -0.25) is 0 Å². The van der Waals surface area contributed by atoms with E-state index in [0.29, 0.717) is 0 Å². The number of hydrogen-bond donors (Lipinski definition) is 0. The van der Waals surface area contributed by atoms with Crippen molar-refractivity contribution in [2.24, 2.45) is 0 Å². The molecule has 1 rings (SSSR count). The molecule has 0 amide bonds. The molecule has 0 radical (unpaired) electrons. The van der Waals surface area contributed by atoms with Crippen LogP contribution in [0.15, 0.2) is 18.2 Å². The van der Waals surface area contributed by atoms with Crippen LogP contribution in [0.3, 0.4) is 0 Å². The molecule has 0 aliphatic heterocycles. The second-order valence-electron chi connectivity index (χ2n) is 6.40. The first kappa shape index (κ1) is 14.1. The van der Waals surface area contributed by atoms with Gasteiger partial charge in [-0.15, -0.1) is 0 Å². The zero-order valence-electron chi connectivity index (χ0n) is 12.3. The molecule has 0 aromatic heterocycles. The largest absolute Gasteiger partial charge is 0.496 e. The van der Waals surface area contributed by atoms with Crippen LogP contribution in [-0.4, -0.2) is 7.11 Å². The molecule has 17 heavy (non-hydrogen) atoms. The van der Waals surface area contributed by atoms with Gasteiger partial charge in [0.25, 0.3) is 0 Å². The fraction of sp³-hybridized carbons (Fsp3) is 0.625. The molecular weight excluding hydrogens is 208 g/mol. The Labute approximate surface area is 106 Å². The van der Waals surface area contributed by atoms with E-state index < -0.39 is 0 Å². The lowest BCUT2D eigenvalue weighted by atomic mass is 9.79. The molecule has 96 valence electrons. The topological polar surface area (TPSA) is 9.23 Å². The molecule has 0 atom stereocenters. The van der Waals surface area contributed by atoms with Gasteiger partial charge in [0.15, 0.2) is 0 Å². The van der Waals surface area contributed by atoms with Gasteiger partial charge in [-0.25, -0.2) is 0 Å². The highest BCUT2D eigenvalue weighted by atomic mass is 16.5. The number of hydrogen-bond acceptors (Lipinski definition) is 1. The monoisotopic (exact) mass is 234 g/mol.